The van der Waals surface area contributed by atoms with Crippen molar-refractivity contribution < 1.29 is 4.74 Å². The van der Waals surface area contributed by atoms with Crippen LogP contribution in [0.1, 0.15) is 43.3 Å². The van der Waals surface area contributed by atoms with Crippen molar-refractivity contribution >= 4 is 11.3 Å². The summed E-state index contributed by atoms with van der Waals surface area (Å²) in [5.41, 5.74) is 1.26. The summed E-state index contributed by atoms with van der Waals surface area (Å²) in [7, 11) is 0. The summed E-state index contributed by atoms with van der Waals surface area (Å²) in [6, 6.07) is 0. The van der Waals surface area contributed by atoms with Crippen molar-refractivity contribution in [2.24, 2.45) is 5.92 Å². The molecule has 2 rings (SSSR count). The van der Waals surface area contributed by atoms with Crippen molar-refractivity contribution in [2.45, 2.75) is 39.0 Å². The number of aromatic nitrogens is 1. The lowest BCUT2D eigenvalue weighted by molar-refractivity contribution is 0.193. The van der Waals surface area contributed by atoms with Crippen LogP contribution in [0.5, 0.6) is 0 Å². The van der Waals surface area contributed by atoms with Crippen molar-refractivity contribution in [3.63, 3.8) is 0 Å². The highest BCUT2D eigenvalue weighted by molar-refractivity contribution is 7.09. The summed E-state index contributed by atoms with van der Waals surface area (Å²) < 4.78 is 5.38. The maximum Gasteiger partial charge on any atom is 0.0928 e. The minimum Gasteiger partial charge on any atom is -0.381 e. The van der Waals surface area contributed by atoms with Crippen molar-refractivity contribution in [1.82, 2.24) is 4.98 Å². The van der Waals surface area contributed by atoms with Gasteiger partial charge in [0.25, 0.3) is 0 Å². The van der Waals surface area contributed by atoms with Gasteiger partial charge in [-0.15, -0.1) is 11.3 Å². The molecule has 84 valence electrons. The average molecular weight is 225 g/mol. The molecule has 0 radical (unpaired) electrons. The second kappa shape index (κ2) is 5.08. The lowest BCUT2D eigenvalue weighted by atomic mass is 10.1. The van der Waals surface area contributed by atoms with Crippen molar-refractivity contribution in [2.75, 3.05) is 13.2 Å². The van der Waals surface area contributed by atoms with Gasteiger partial charge in [0, 0.05) is 17.9 Å². The van der Waals surface area contributed by atoms with E-state index in [4.69, 9.17) is 9.72 Å². The number of ether oxygens (including phenoxy) is 1. The molecule has 1 aliphatic heterocycles. The van der Waals surface area contributed by atoms with E-state index in [0.717, 1.165) is 32.0 Å². The number of nitrogens with zero attached hydrogens (tertiary/aromatic N) is 1. The summed E-state index contributed by atoms with van der Waals surface area (Å²) in [5.74, 6) is 1.33. The number of hydrogen-bond acceptors (Lipinski definition) is 3. The molecular formula is C12H19NOS. The molecule has 1 saturated heterocycles. The van der Waals surface area contributed by atoms with Crippen LogP contribution in [0, 0.1) is 5.92 Å². The van der Waals surface area contributed by atoms with Crippen LogP contribution >= 0.6 is 11.3 Å². The maximum absolute atomic E-state index is 5.38. The topological polar surface area (TPSA) is 22.1 Å². The Bertz CT molecular complexity index is 302. The highest BCUT2D eigenvalue weighted by atomic mass is 32.1. The predicted molar refractivity (Wildman–Crippen MR) is 63.5 cm³/mol. The molecule has 0 amide bonds. The van der Waals surface area contributed by atoms with Crippen molar-refractivity contribution in [1.29, 1.82) is 0 Å². The van der Waals surface area contributed by atoms with Crippen LogP contribution in [0.3, 0.4) is 0 Å². The van der Waals surface area contributed by atoms with Crippen LogP contribution in [-0.4, -0.2) is 18.2 Å². The number of rotatable bonds is 4. The van der Waals surface area contributed by atoms with Gasteiger partial charge in [-0.1, -0.05) is 13.8 Å². The molecule has 0 aliphatic carbocycles. The predicted octanol–water partition coefficient (Wildman–Crippen LogP) is 3.24. The second-order valence-electron chi connectivity index (χ2n) is 4.66. The summed E-state index contributed by atoms with van der Waals surface area (Å²) in [5, 5.41) is 3.51. The van der Waals surface area contributed by atoms with E-state index in [0.29, 0.717) is 5.92 Å². The minimum absolute atomic E-state index is 0.564. The molecule has 2 nitrogen and oxygen atoms in total. The van der Waals surface area contributed by atoms with Gasteiger partial charge in [-0.05, 0) is 25.2 Å². The lowest BCUT2D eigenvalue weighted by Crippen LogP contribution is -1.98. The van der Waals surface area contributed by atoms with Crippen molar-refractivity contribution in [3.05, 3.63) is 16.1 Å². The smallest absolute Gasteiger partial charge is 0.0928 e. The van der Waals surface area contributed by atoms with E-state index < -0.39 is 0 Å². The quantitative estimate of drug-likeness (QED) is 0.785. The van der Waals surface area contributed by atoms with Gasteiger partial charge in [0.2, 0.25) is 0 Å². The molecule has 0 spiro atoms. The normalized spacial score (nSPS) is 21.4. The molecule has 3 heteroatoms. The number of thiazole rings is 1. The first-order chi connectivity index (χ1) is 7.25. The Balaban J connectivity index is 1.91. The molecule has 0 aromatic carbocycles. The average Bonchev–Trinajstić information content (AvgIpc) is 2.85. The fourth-order valence-electron chi connectivity index (χ4n) is 1.81. The van der Waals surface area contributed by atoms with Crippen LogP contribution in [0.2, 0.25) is 0 Å². The van der Waals surface area contributed by atoms with Crippen LogP contribution in [0.25, 0.3) is 0 Å². The SMILES string of the molecule is CC(C)CCc1nc([C@@H]2CCOC2)cs1. The molecule has 1 fully saturated rings. The number of hydrogen-bond donors (Lipinski definition) is 0. The summed E-state index contributed by atoms with van der Waals surface area (Å²) >= 11 is 1.81. The molecule has 1 atom stereocenters. The Labute approximate surface area is 95.7 Å². The van der Waals surface area contributed by atoms with E-state index in [9.17, 15) is 0 Å². The molecule has 0 N–H and O–H groups in total. The zero-order valence-corrected chi connectivity index (χ0v) is 10.3. The zero-order chi connectivity index (χ0) is 10.7. The van der Waals surface area contributed by atoms with E-state index in [1.165, 1.54) is 17.1 Å². The van der Waals surface area contributed by atoms with Gasteiger partial charge in [0.15, 0.2) is 0 Å². The van der Waals surface area contributed by atoms with Crippen LogP contribution < -0.4 is 0 Å². The molecule has 1 aliphatic rings. The molecular weight excluding hydrogens is 206 g/mol. The van der Waals surface area contributed by atoms with Gasteiger partial charge < -0.3 is 4.74 Å². The van der Waals surface area contributed by atoms with E-state index in [2.05, 4.69) is 19.2 Å². The molecule has 1 aromatic heterocycles. The van der Waals surface area contributed by atoms with Gasteiger partial charge in [-0.3, -0.25) is 0 Å². The van der Waals surface area contributed by atoms with Gasteiger partial charge in [0.05, 0.1) is 17.3 Å². The van der Waals surface area contributed by atoms with Crippen molar-refractivity contribution in [3.8, 4) is 0 Å². The maximum atomic E-state index is 5.38. The Kier molecular flexibility index (Phi) is 3.76. The molecule has 1 aromatic rings. The Morgan fingerprint density at radius 3 is 3.13 bits per heavy atom. The summed E-state index contributed by atoms with van der Waals surface area (Å²) in [4.78, 5) is 4.70. The van der Waals surface area contributed by atoms with E-state index in [1.54, 1.807) is 0 Å². The number of aryl methyl sites for hydroxylation is 1. The van der Waals surface area contributed by atoms with Gasteiger partial charge >= 0.3 is 0 Å². The largest absolute Gasteiger partial charge is 0.381 e. The molecule has 0 saturated carbocycles. The van der Waals surface area contributed by atoms with Gasteiger partial charge in [0.1, 0.15) is 0 Å². The fourth-order valence-corrected chi connectivity index (χ4v) is 2.70. The van der Waals surface area contributed by atoms with E-state index in [-0.39, 0.29) is 0 Å². The van der Waals surface area contributed by atoms with E-state index in [1.807, 2.05) is 11.3 Å². The van der Waals surface area contributed by atoms with Gasteiger partial charge in [-0.25, -0.2) is 4.98 Å². The highest BCUT2D eigenvalue weighted by Gasteiger charge is 2.20. The Hall–Kier alpha value is -0.410. The first-order valence-electron chi connectivity index (χ1n) is 5.77. The summed E-state index contributed by atoms with van der Waals surface area (Å²) in [6.45, 7) is 6.30. The summed E-state index contributed by atoms with van der Waals surface area (Å²) in [6.07, 6.45) is 3.53. The molecule has 0 unspecified atom stereocenters. The highest BCUT2D eigenvalue weighted by Crippen LogP contribution is 2.26. The third kappa shape index (κ3) is 3.02. The Morgan fingerprint density at radius 1 is 1.60 bits per heavy atom. The Morgan fingerprint density at radius 2 is 2.47 bits per heavy atom. The minimum atomic E-state index is 0.564. The first kappa shape index (κ1) is 11.1. The van der Waals surface area contributed by atoms with Gasteiger partial charge in [-0.2, -0.15) is 0 Å². The monoisotopic (exact) mass is 225 g/mol. The molecule has 2 heterocycles. The molecule has 15 heavy (non-hydrogen) atoms. The first-order valence-corrected chi connectivity index (χ1v) is 6.65. The van der Waals surface area contributed by atoms with Crippen LogP contribution in [-0.2, 0) is 11.2 Å². The van der Waals surface area contributed by atoms with E-state index >= 15 is 0 Å². The lowest BCUT2D eigenvalue weighted by Gasteiger charge is -2.02. The zero-order valence-electron chi connectivity index (χ0n) is 9.53. The third-order valence-corrected chi connectivity index (χ3v) is 3.78. The fraction of sp³-hybridized carbons (Fsp3) is 0.750. The second-order valence-corrected chi connectivity index (χ2v) is 5.60. The van der Waals surface area contributed by atoms with Crippen LogP contribution in [0.4, 0.5) is 0 Å². The third-order valence-electron chi connectivity index (χ3n) is 2.85. The van der Waals surface area contributed by atoms with Crippen LogP contribution in [0.15, 0.2) is 5.38 Å². The standard InChI is InChI=1S/C12H19NOS/c1-9(2)3-4-12-13-11(8-15-12)10-5-6-14-7-10/h8-10H,3-7H2,1-2H3/t10-/m1/s1. The molecule has 0 bridgehead atoms.